The van der Waals surface area contributed by atoms with Crippen LogP contribution in [0.1, 0.15) is 10.4 Å². The van der Waals surface area contributed by atoms with Crippen LogP contribution in [0.3, 0.4) is 0 Å². The lowest BCUT2D eigenvalue weighted by molar-refractivity contribution is 0.0940. The Labute approximate surface area is 286 Å². The predicted octanol–water partition coefficient (Wildman–Crippen LogP) is 7.65. The van der Waals surface area contributed by atoms with Crippen LogP contribution in [-0.4, -0.2) is 48.5 Å². The van der Waals surface area contributed by atoms with Crippen LogP contribution < -0.4 is 20.9 Å². The third-order valence-electron chi connectivity index (χ3n) is 9.27. The van der Waals surface area contributed by atoms with Crippen LogP contribution in [0.25, 0.3) is 45.3 Å². The summed E-state index contributed by atoms with van der Waals surface area (Å²) in [5, 5.41) is 2.15. The van der Waals surface area contributed by atoms with E-state index in [0.29, 0.717) is 10.6 Å². The minimum absolute atomic E-state index is 0.00276. The van der Waals surface area contributed by atoms with Crippen LogP contribution >= 0.6 is 47.0 Å². The highest BCUT2D eigenvalue weighted by Gasteiger charge is 2.39. The van der Waals surface area contributed by atoms with Crippen molar-refractivity contribution in [2.24, 2.45) is 13.0 Å². The maximum absolute atomic E-state index is 14.3. The number of carbonyl (C=O) groups excluding carboxylic acids is 1. The van der Waals surface area contributed by atoms with Crippen molar-refractivity contribution >= 4 is 81.6 Å². The normalized spacial score (nSPS) is 16.8. The molecule has 2 aliphatic rings. The molecule has 1 aliphatic heterocycles. The van der Waals surface area contributed by atoms with Gasteiger partial charge in [-0.2, -0.15) is 0 Å². The minimum atomic E-state index is -0.405. The molecule has 0 bridgehead atoms. The smallest absolute Gasteiger partial charge is 0.196 e. The van der Waals surface area contributed by atoms with Crippen molar-refractivity contribution in [3.05, 3.63) is 99.2 Å². The maximum atomic E-state index is 14.3. The largest absolute Gasteiger partial charge is 0.366 e. The van der Waals surface area contributed by atoms with Crippen molar-refractivity contribution in [3.8, 4) is 22.3 Å². The molecule has 0 amide bonds. The standard InChI is InChI=1S/C38H34N2O2S4/c1-39-33-19-32-34(40(2)36-28(10-8-12-30(36)38(32)42)22-15-25(45-5)18-26(16-22)46-6)20-31(33)37(41)29-11-7-9-27(35(29)39)21-13-23(43-3)17-24(14-21)44-4/h7-20,31,33H,1-6H3. The first-order valence-corrected chi connectivity index (χ1v) is 19.9. The Morgan fingerprint density at radius 1 is 0.630 bits per heavy atom. The summed E-state index contributed by atoms with van der Waals surface area (Å²) in [5.74, 6) is -0.316. The van der Waals surface area contributed by atoms with Crippen molar-refractivity contribution in [2.45, 2.75) is 25.6 Å². The van der Waals surface area contributed by atoms with E-state index in [0.717, 1.165) is 44.4 Å². The van der Waals surface area contributed by atoms with Gasteiger partial charge in [-0.05, 0) is 96.8 Å². The Bertz CT molecular complexity index is 2210. The highest BCUT2D eigenvalue weighted by molar-refractivity contribution is 7.99. The zero-order chi connectivity index (χ0) is 32.3. The molecule has 1 aliphatic carbocycles. The van der Waals surface area contributed by atoms with Crippen LogP contribution in [-0.2, 0) is 7.05 Å². The van der Waals surface area contributed by atoms with E-state index in [1.54, 1.807) is 47.0 Å². The number of thioether (sulfide) groups is 4. The summed E-state index contributed by atoms with van der Waals surface area (Å²) in [5.41, 5.74) is 6.76. The number of para-hydroxylation sites is 2. The number of benzene rings is 4. The van der Waals surface area contributed by atoms with E-state index in [2.05, 4.69) is 90.1 Å². The molecule has 0 radical (unpaired) electrons. The highest BCUT2D eigenvalue weighted by Crippen LogP contribution is 2.43. The fourth-order valence-electron chi connectivity index (χ4n) is 6.98. The van der Waals surface area contributed by atoms with Crippen LogP contribution in [0.5, 0.6) is 0 Å². The molecule has 0 saturated heterocycles. The highest BCUT2D eigenvalue weighted by atomic mass is 32.2. The first-order chi connectivity index (χ1) is 22.3. The quantitative estimate of drug-likeness (QED) is 0.171. The number of nitrogens with zero attached hydrogens (tertiary/aromatic N) is 2. The predicted molar refractivity (Wildman–Crippen MR) is 202 cm³/mol. The number of anilines is 1. The Kier molecular flexibility index (Phi) is 8.42. The van der Waals surface area contributed by atoms with E-state index in [4.69, 9.17) is 0 Å². The summed E-state index contributed by atoms with van der Waals surface area (Å²) in [6.07, 6.45) is 12.4. The molecule has 46 heavy (non-hydrogen) atoms. The molecule has 0 spiro atoms. The third-order valence-corrected chi connectivity index (χ3v) is 12.1. The van der Waals surface area contributed by atoms with Crippen LogP contribution in [0.4, 0.5) is 5.69 Å². The summed E-state index contributed by atoms with van der Waals surface area (Å²) in [7, 11) is 4.08. The number of aryl methyl sites for hydroxylation is 1. The molecule has 4 aromatic carbocycles. The van der Waals surface area contributed by atoms with Gasteiger partial charge < -0.3 is 9.47 Å². The number of rotatable bonds is 6. The monoisotopic (exact) mass is 678 g/mol. The van der Waals surface area contributed by atoms with Crippen molar-refractivity contribution in [2.75, 3.05) is 37.0 Å². The number of aromatic nitrogens is 1. The lowest BCUT2D eigenvalue weighted by Gasteiger charge is -2.40. The summed E-state index contributed by atoms with van der Waals surface area (Å²) >= 11 is 6.87. The number of carbonyl (C=O) groups is 1. The van der Waals surface area contributed by atoms with Gasteiger partial charge in [-0.25, -0.2) is 0 Å². The fraction of sp³-hybridized carbons (Fsp3) is 0.211. The van der Waals surface area contributed by atoms with E-state index in [-0.39, 0.29) is 17.3 Å². The van der Waals surface area contributed by atoms with Crippen molar-refractivity contribution in [3.63, 3.8) is 0 Å². The number of hydrogen-bond donors (Lipinski definition) is 0. The van der Waals surface area contributed by atoms with Crippen LogP contribution in [0, 0.1) is 5.92 Å². The molecular formula is C38H34N2O2S4. The van der Waals surface area contributed by atoms with Gasteiger partial charge >= 0.3 is 0 Å². The van der Waals surface area contributed by atoms with E-state index < -0.39 is 5.92 Å². The number of fused-ring (bicyclic) bond motifs is 4. The van der Waals surface area contributed by atoms with Crippen LogP contribution in [0.15, 0.2) is 97.2 Å². The molecule has 0 fully saturated rings. The first-order valence-electron chi connectivity index (χ1n) is 15.0. The Balaban J connectivity index is 1.43. The lowest BCUT2D eigenvalue weighted by atomic mass is 9.80. The lowest BCUT2D eigenvalue weighted by Crippen LogP contribution is -2.55. The van der Waals surface area contributed by atoms with Gasteiger partial charge in [0.15, 0.2) is 11.2 Å². The average Bonchev–Trinajstić information content (AvgIpc) is 3.11. The second-order valence-corrected chi connectivity index (χ2v) is 15.1. The Hall–Kier alpha value is -3.30. The fourth-order valence-corrected chi connectivity index (χ4v) is 9.09. The van der Waals surface area contributed by atoms with E-state index in [1.165, 1.54) is 19.6 Å². The molecule has 2 unspecified atom stereocenters. The van der Waals surface area contributed by atoms with Gasteiger partial charge in [0, 0.05) is 66.3 Å². The average molecular weight is 679 g/mol. The third kappa shape index (κ3) is 5.05. The summed E-state index contributed by atoms with van der Waals surface area (Å²) in [4.78, 5) is 35.6. The van der Waals surface area contributed by atoms with Gasteiger partial charge in [0.05, 0.1) is 23.2 Å². The number of Topliss-reactive ketones (excluding diaryl/α,β-unsaturated/α-hetero) is 1. The van der Waals surface area contributed by atoms with Crippen molar-refractivity contribution in [1.29, 1.82) is 0 Å². The summed E-state index contributed by atoms with van der Waals surface area (Å²) in [6.45, 7) is 0. The Morgan fingerprint density at radius 2 is 1.15 bits per heavy atom. The molecule has 232 valence electrons. The molecular weight excluding hydrogens is 645 g/mol. The molecule has 5 aromatic rings. The van der Waals surface area contributed by atoms with E-state index in [9.17, 15) is 9.59 Å². The molecule has 2 heterocycles. The van der Waals surface area contributed by atoms with Gasteiger partial charge in [-0.3, -0.25) is 9.59 Å². The van der Waals surface area contributed by atoms with E-state index in [1.807, 2.05) is 43.5 Å². The SMILES string of the molecule is CSc1cc(SC)cc(-c2cccc3c2N(C)C2C=c4c(=O)c5cccc(-c6cc(SC)cc(SC)c6)c5n(C)c4=CC2C3=O)c1. The number of pyridine rings is 1. The van der Waals surface area contributed by atoms with Gasteiger partial charge in [-0.1, -0.05) is 24.3 Å². The molecule has 7 rings (SSSR count). The second-order valence-electron chi connectivity index (χ2n) is 11.6. The minimum Gasteiger partial charge on any atom is -0.366 e. The molecule has 1 aromatic heterocycles. The second kappa shape index (κ2) is 12.4. The maximum Gasteiger partial charge on any atom is 0.196 e. The van der Waals surface area contributed by atoms with Gasteiger partial charge in [-0.15, -0.1) is 47.0 Å². The first kappa shape index (κ1) is 31.3. The van der Waals surface area contributed by atoms with Gasteiger partial charge in [0.2, 0.25) is 0 Å². The number of ketones is 1. The molecule has 4 nitrogen and oxygen atoms in total. The topological polar surface area (TPSA) is 42.3 Å². The van der Waals surface area contributed by atoms with Crippen molar-refractivity contribution < 1.29 is 4.79 Å². The van der Waals surface area contributed by atoms with E-state index >= 15 is 0 Å². The van der Waals surface area contributed by atoms with Crippen molar-refractivity contribution in [1.82, 2.24) is 4.57 Å². The zero-order valence-corrected chi connectivity index (χ0v) is 29.8. The summed E-state index contributed by atoms with van der Waals surface area (Å²) in [6, 6.07) is 25.0. The zero-order valence-electron chi connectivity index (χ0n) is 26.6. The Morgan fingerprint density at radius 3 is 1.74 bits per heavy atom. The molecule has 0 saturated carbocycles. The molecule has 8 heteroatoms. The molecule has 2 atom stereocenters. The summed E-state index contributed by atoms with van der Waals surface area (Å²) < 4.78 is 2.12. The molecule has 0 N–H and O–H groups in total. The van der Waals surface area contributed by atoms with Gasteiger partial charge in [0.1, 0.15) is 0 Å². The number of hydrogen-bond acceptors (Lipinski definition) is 7. The van der Waals surface area contributed by atoms with Crippen LogP contribution in [0.2, 0.25) is 0 Å². The van der Waals surface area contributed by atoms with Gasteiger partial charge in [0.25, 0.3) is 0 Å².